The first-order valence-corrected chi connectivity index (χ1v) is 7.38. The van der Waals surface area contributed by atoms with E-state index >= 15 is 0 Å². The summed E-state index contributed by atoms with van der Waals surface area (Å²) < 4.78 is 27.3. The summed E-state index contributed by atoms with van der Waals surface area (Å²) in [4.78, 5) is 23.6. The molecule has 4 nitrogen and oxygen atoms in total. The molecule has 24 heavy (non-hydrogen) atoms. The maximum absolute atomic E-state index is 13.7. The van der Waals surface area contributed by atoms with Crippen molar-refractivity contribution in [2.24, 2.45) is 0 Å². The Bertz CT molecular complexity index is 834. The Morgan fingerprint density at radius 1 is 1.04 bits per heavy atom. The van der Waals surface area contributed by atoms with E-state index in [9.17, 15) is 28.6 Å². The molecule has 1 aliphatic rings. The maximum Gasteiger partial charge on any atom is 0.318 e. The normalized spacial score (nSPS) is 22.7. The van der Waals surface area contributed by atoms with Gasteiger partial charge in [-0.15, -0.1) is 0 Å². The summed E-state index contributed by atoms with van der Waals surface area (Å²) in [5.74, 6) is -4.57. The molecular weight excluding hydrogens is 318 g/mol. The molecule has 0 saturated heterocycles. The lowest BCUT2D eigenvalue weighted by Gasteiger charge is -2.38. The van der Waals surface area contributed by atoms with Gasteiger partial charge in [-0.05, 0) is 53.8 Å². The lowest BCUT2D eigenvalue weighted by atomic mass is 9.63. The summed E-state index contributed by atoms with van der Waals surface area (Å²) in [6, 6.07) is 8.67. The molecule has 2 N–H and O–H groups in total. The number of benzene rings is 2. The summed E-state index contributed by atoms with van der Waals surface area (Å²) in [6.45, 7) is 0. The van der Waals surface area contributed by atoms with Crippen molar-refractivity contribution in [2.45, 2.75) is 24.2 Å². The van der Waals surface area contributed by atoms with Crippen LogP contribution in [0.5, 0.6) is 0 Å². The molecule has 1 aliphatic carbocycles. The number of halogens is 2. The molecule has 0 unspecified atom stereocenters. The number of carboxylic acids is 2. The topological polar surface area (TPSA) is 74.6 Å². The van der Waals surface area contributed by atoms with Gasteiger partial charge in [-0.2, -0.15) is 0 Å². The van der Waals surface area contributed by atoms with Crippen LogP contribution < -0.4 is 0 Å². The summed E-state index contributed by atoms with van der Waals surface area (Å²) in [5.41, 5.74) is -1.07. The molecule has 0 radical (unpaired) electrons. The first-order chi connectivity index (χ1) is 11.4. The molecule has 0 bridgehead atoms. The van der Waals surface area contributed by atoms with Gasteiger partial charge in [0.15, 0.2) is 0 Å². The van der Waals surface area contributed by atoms with Crippen LogP contribution in [0.4, 0.5) is 8.78 Å². The highest BCUT2D eigenvalue weighted by molar-refractivity contribution is 5.89. The zero-order valence-electron chi connectivity index (χ0n) is 12.5. The molecule has 0 fully saturated rings. The predicted octanol–water partition coefficient (Wildman–Crippen LogP) is 3.30. The number of fused-ring (bicyclic) bond motifs is 1. The van der Waals surface area contributed by atoms with E-state index in [1.807, 2.05) is 0 Å². The quantitative estimate of drug-likeness (QED) is 0.904. The minimum absolute atomic E-state index is 0.0125. The van der Waals surface area contributed by atoms with E-state index in [4.69, 9.17) is 0 Å². The third-order valence-corrected chi connectivity index (χ3v) is 4.64. The summed E-state index contributed by atoms with van der Waals surface area (Å²) >= 11 is 0. The lowest BCUT2D eigenvalue weighted by Crippen LogP contribution is -2.42. The van der Waals surface area contributed by atoms with E-state index in [1.54, 1.807) is 0 Å². The van der Waals surface area contributed by atoms with E-state index in [-0.39, 0.29) is 29.5 Å². The predicted molar refractivity (Wildman–Crippen MR) is 80.8 cm³/mol. The third-order valence-electron chi connectivity index (χ3n) is 4.64. The zero-order valence-corrected chi connectivity index (χ0v) is 12.5. The van der Waals surface area contributed by atoms with Crippen LogP contribution in [0.2, 0.25) is 0 Å². The van der Waals surface area contributed by atoms with Crippen molar-refractivity contribution in [2.75, 3.05) is 0 Å². The summed E-state index contributed by atoms with van der Waals surface area (Å²) in [7, 11) is 0. The van der Waals surface area contributed by atoms with Crippen molar-refractivity contribution >= 4 is 11.9 Å². The second-order valence-electron chi connectivity index (χ2n) is 5.88. The molecule has 3 rings (SSSR count). The van der Waals surface area contributed by atoms with E-state index in [1.165, 1.54) is 24.3 Å². The van der Waals surface area contributed by atoms with Gasteiger partial charge < -0.3 is 10.2 Å². The Balaban J connectivity index is 2.31. The second kappa shape index (κ2) is 5.70. The molecule has 6 heteroatoms. The number of carbonyl (C=O) groups is 2. The number of carboxylic acid groups (broad SMARTS) is 2. The fraction of sp³-hybridized carbons (Fsp3) is 0.222. The van der Waals surface area contributed by atoms with Crippen LogP contribution in [-0.2, 0) is 15.0 Å². The standard InChI is InChI=1S/C18H14F2O4/c19-11-3-1-2-10(8-11)18(17(23)24)7-6-13(16(21)22)14-9-12(20)4-5-15(14)18/h1-5,8-9,13H,6-7H2,(H,21,22)(H,23,24)/t13-,18+/m1/s1. The van der Waals surface area contributed by atoms with E-state index < -0.39 is 34.9 Å². The number of rotatable bonds is 3. The van der Waals surface area contributed by atoms with Crippen LogP contribution in [0.1, 0.15) is 35.4 Å². The fourth-order valence-electron chi connectivity index (χ4n) is 3.52. The number of hydrogen-bond donors (Lipinski definition) is 2. The Kier molecular flexibility index (Phi) is 3.83. The van der Waals surface area contributed by atoms with Crippen molar-refractivity contribution in [1.29, 1.82) is 0 Å². The molecule has 0 saturated carbocycles. The highest BCUT2D eigenvalue weighted by Gasteiger charge is 2.49. The molecule has 2 atom stereocenters. The molecule has 2 aromatic rings. The van der Waals surface area contributed by atoms with Gasteiger partial charge in [-0.1, -0.05) is 18.2 Å². The molecular formula is C18H14F2O4. The van der Waals surface area contributed by atoms with Gasteiger partial charge in [0, 0.05) is 0 Å². The minimum atomic E-state index is -1.60. The van der Waals surface area contributed by atoms with Gasteiger partial charge in [-0.25, -0.2) is 8.78 Å². The molecule has 0 heterocycles. The average molecular weight is 332 g/mol. The monoisotopic (exact) mass is 332 g/mol. The van der Waals surface area contributed by atoms with Crippen LogP contribution in [0.25, 0.3) is 0 Å². The second-order valence-corrected chi connectivity index (χ2v) is 5.88. The maximum atomic E-state index is 13.7. The van der Waals surface area contributed by atoms with Crippen molar-refractivity contribution in [3.05, 3.63) is 70.8 Å². The average Bonchev–Trinajstić information content (AvgIpc) is 2.52. The molecule has 0 aromatic heterocycles. The Morgan fingerprint density at radius 2 is 1.75 bits per heavy atom. The lowest BCUT2D eigenvalue weighted by molar-refractivity contribution is -0.145. The smallest absolute Gasteiger partial charge is 0.318 e. The fourth-order valence-corrected chi connectivity index (χ4v) is 3.52. The van der Waals surface area contributed by atoms with Crippen LogP contribution in [0.3, 0.4) is 0 Å². The molecule has 0 aliphatic heterocycles. The van der Waals surface area contributed by atoms with Crippen LogP contribution in [-0.4, -0.2) is 22.2 Å². The molecule has 0 spiro atoms. The summed E-state index contributed by atoms with van der Waals surface area (Å²) in [5, 5.41) is 19.3. The molecule has 2 aromatic carbocycles. The van der Waals surface area contributed by atoms with Gasteiger partial charge in [0.1, 0.15) is 17.0 Å². The van der Waals surface area contributed by atoms with E-state index in [0.717, 1.165) is 18.2 Å². The SMILES string of the molecule is O=C(O)[C@@H]1CC[C@](C(=O)O)(c2cccc(F)c2)c2ccc(F)cc21. The van der Waals surface area contributed by atoms with E-state index in [2.05, 4.69) is 0 Å². The first kappa shape index (κ1) is 16.1. The number of aliphatic carboxylic acids is 2. The van der Waals surface area contributed by atoms with Crippen molar-refractivity contribution < 1.29 is 28.6 Å². The van der Waals surface area contributed by atoms with Gasteiger partial charge in [-0.3, -0.25) is 9.59 Å². The van der Waals surface area contributed by atoms with Crippen LogP contribution >= 0.6 is 0 Å². The van der Waals surface area contributed by atoms with Crippen LogP contribution in [0, 0.1) is 11.6 Å². The zero-order chi connectivity index (χ0) is 17.5. The highest BCUT2D eigenvalue weighted by Crippen LogP contribution is 2.47. The first-order valence-electron chi connectivity index (χ1n) is 7.38. The summed E-state index contributed by atoms with van der Waals surface area (Å²) in [6.07, 6.45) is 0.00991. The van der Waals surface area contributed by atoms with E-state index in [0.29, 0.717) is 0 Å². The largest absolute Gasteiger partial charge is 0.481 e. The molecule has 0 amide bonds. The molecule has 124 valence electrons. The Hall–Kier alpha value is -2.76. The van der Waals surface area contributed by atoms with Crippen LogP contribution in [0.15, 0.2) is 42.5 Å². The van der Waals surface area contributed by atoms with Gasteiger partial charge in [0.2, 0.25) is 0 Å². The van der Waals surface area contributed by atoms with Crippen molar-refractivity contribution in [3.8, 4) is 0 Å². The van der Waals surface area contributed by atoms with Gasteiger partial charge >= 0.3 is 11.9 Å². The van der Waals surface area contributed by atoms with Crippen molar-refractivity contribution in [3.63, 3.8) is 0 Å². The highest BCUT2D eigenvalue weighted by atomic mass is 19.1. The third kappa shape index (κ3) is 2.35. The van der Waals surface area contributed by atoms with Gasteiger partial charge in [0.25, 0.3) is 0 Å². The van der Waals surface area contributed by atoms with Crippen molar-refractivity contribution in [1.82, 2.24) is 0 Å². The Labute approximate surface area is 136 Å². The Morgan fingerprint density at radius 3 is 2.38 bits per heavy atom. The number of hydrogen-bond acceptors (Lipinski definition) is 2. The minimum Gasteiger partial charge on any atom is -0.481 e. The van der Waals surface area contributed by atoms with Gasteiger partial charge in [0.05, 0.1) is 5.92 Å².